The van der Waals surface area contributed by atoms with Crippen LogP contribution >= 0.6 is 11.6 Å². The van der Waals surface area contributed by atoms with E-state index in [0.29, 0.717) is 21.9 Å². The van der Waals surface area contributed by atoms with Crippen molar-refractivity contribution in [2.24, 2.45) is 5.73 Å². The first kappa shape index (κ1) is 18.5. The van der Waals surface area contributed by atoms with Crippen molar-refractivity contribution in [2.75, 3.05) is 31.2 Å². The number of nitrogens with two attached hydrogens (primary N) is 1. The maximum atomic E-state index is 11.2. The van der Waals surface area contributed by atoms with Crippen molar-refractivity contribution in [3.05, 3.63) is 35.4 Å². The number of imidazole rings is 1. The van der Waals surface area contributed by atoms with E-state index in [4.69, 9.17) is 26.8 Å². The Morgan fingerprint density at radius 1 is 1.29 bits per heavy atom. The summed E-state index contributed by atoms with van der Waals surface area (Å²) in [6.45, 7) is 4.79. The molecule has 3 N–H and O–H groups in total. The fraction of sp³-hybridized carbons (Fsp3) is 0.316. The highest BCUT2D eigenvalue weighted by Gasteiger charge is 2.16. The number of halogens is 1. The van der Waals surface area contributed by atoms with Crippen LogP contribution in [0.25, 0.3) is 22.4 Å². The second-order valence-electron chi connectivity index (χ2n) is 6.54. The summed E-state index contributed by atoms with van der Waals surface area (Å²) in [5, 5.41) is 0.491. The molecule has 1 fully saturated rings. The lowest BCUT2D eigenvalue weighted by Crippen LogP contribution is -2.36. The Kier molecular flexibility index (Phi) is 5.06. The number of morpholine rings is 1. The third-order valence-electron chi connectivity index (χ3n) is 4.61. The molecular weight excluding hydrogens is 382 g/mol. The Bertz CT molecular complexity index is 999. The van der Waals surface area contributed by atoms with Crippen LogP contribution in [-0.4, -0.2) is 53.3 Å². The van der Waals surface area contributed by atoms with Crippen LogP contribution in [-0.2, 0) is 9.53 Å². The summed E-state index contributed by atoms with van der Waals surface area (Å²) in [6, 6.07) is 10.00. The Balaban J connectivity index is 1.61. The molecule has 0 spiro atoms. The SMILES string of the molecule is CC(Oc1nc2nc(-c3ccc(N4CCOCC4)cc3)c(Cl)cc2[nH]1)C(N)=O. The fourth-order valence-electron chi connectivity index (χ4n) is 3.03. The van der Waals surface area contributed by atoms with E-state index in [0.717, 1.165) is 37.6 Å². The smallest absolute Gasteiger partial charge is 0.296 e. The summed E-state index contributed by atoms with van der Waals surface area (Å²) in [5.41, 5.74) is 8.94. The number of aromatic nitrogens is 3. The highest BCUT2D eigenvalue weighted by molar-refractivity contribution is 6.33. The second kappa shape index (κ2) is 7.65. The normalized spacial score (nSPS) is 15.6. The molecule has 3 aromatic rings. The average molecular weight is 402 g/mol. The number of aromatic amines is 1. The lowest BCUT2D eigenvalue weighted by atomic mass is 10.1. The Labute approximate surface area is 166 Å². The lowest BCUT2D eigenvalue weighted by Gasteiger charge is -2.28. The third-order valence-corrected chi connectivity index (χ3v) is 4.90. The predicted octanol–water partition coefficient (Wildman–Crippen LogP) is 2.37. The molecule has 1 atom stereocenters. The van der Waals surface area contributed by atoms with Gasteiger partial charge in [0.2, 0.25) is 0 Å². The van der Waals surface area contributed by atoms with E-state index in [1.807, 2.05) is 12.1 Å². The number of hydrogen-bond donors (Lipinski definition) is 2. The van der Waals surface area contributed by atoms with E-state index in [1.165, 1.54) is 0 Å². The number of carbonyl (C=O) groups excluding carboxylic acids is 1. The molecule has 1 unspecified atom stereocenters. The van der Waals surface area contributed by atoms with Crippen LogP contribution in [0.3, 0.4) is 0 Å². The second-order valence-corrected chi connectivity index (χ2v) is 6.95. The van der Waals surface area contributed by atoms with Crippen LogP contribution in [0.4, 0.5) is 5.69 Å². The van der Waals surface area contributed by atoms with Crippen molar-refractivity contribution < 1.29 is 14.3 Å². The van der Waals surface area contributed by atoms with Crippen LogP contribution in [0.1, 0.15) is 6.92 Å². The van der Waals surface area contributed by atoms with Gasteiger partial charge in [-0.1, -0.05) is 23.7 Å². The van der Waals surface area contributed by atoms with Crippen LogP contribution in [0.5, 0.6) is 6.01 Å². The average Bonchev–Trinajstić information content (AvgIpc) is 3.09. The fourth-order valence-corrected chi connectivity index (χ4v) is 3.29. The van der Waals surface area contributed by atoms with Gasteiger partial charge < -0.3 is 25.1 Å². The zero-order valence-corrected chi connectivity index (χ0v) is 16.1. The molecule has 4 rings (SSSR count). The molecule has 9 heteroatoms. The molecule has 146 valence electrons. The van der Waals surface area contributed by atoms with E-state index in [2.05, 4.69) is 32.0 Å². The van der Waals surface area contributed by atoms with Gasteiger partial charge in [0.15, 0.2) is 11.8 Å². The van der Waals surface area contributed by atoms with E-state index < -0.39 is 12.0 Å². The third kappa shape index (κ3) is 3.74. The zero-order valence-electron chi connectivity index (χ0n) is 15.3. The molecule has 0 radical (unpaired) electrons. The molecule has 0 aliphatic carbocycles. The van der Waals surface area contributed by atoms with Crippen molar-refractivity contribution in [2.45, 2.75) is 13.0 Å². The molecule has 1 saturated heterocycles. The van der Waals surface area contributed by atoms with Gasteiger partial charge in [-0.3, -0.25) is 4.79 Å². The molecule has 2 aromatic heterocycles. The molecule has 1 aliphatic heterocycles. The standard InChI is InChI=1S/C19H20ClN5O3/c1-11(17(21)26)28-19-22-15-10-14(20)16(23-18(15)24-19)12-2-4-13(5-3-12)25-6-8-27-9-7-25/h2-5,10-11H,6-9H2,1H3,(H2,21,26)(H,22,23,24). The predicted molar refractivity (Wildman–Crippen MR) is 107 cm³/mol. The van der Waals surface area contributed by atoms with Gasteiger partial charge in [0.05, 0.1) is 29.4 Å². The molecule has 0 saturated carbocycles. The van der Waals surface area contributed by atoms with Gasteiger partial charge in [-0.05, 0) is 25.1 Å². The van der Waals surface area contributed by atoms with E-state index in [-0.39, 0.29) is 6.01 Å². The number of ether oxygens (including phenoxy) is 2. The number of H-pyrrole nitrogens is 1. The Morgan fingerprint density at radius 3 is 2.68 bits per heavy atom. The largest absolute Gasteiger partial charge is 0.452 e. The zero-order chi connectivity index (χ0) is 19.7. The first-order chi connectivity index (χ1) is 13.5. The number of pyridine rings is 1. The number of amides is 1. The van der Waals surface area contributed by atoms with E-state index in [1.54, 1.807) is 13.0 Å². The minimum atomic E-state index is -0.803. The molecule has 1 aliphatic rings. The van der Waals surface area contributed by atoms with Crippen molar-refractivity contribution in [1.29, 1.82) is 0 Å². The Hall–Kier alpha value is -2.84. The number of rotatable bonds is 5. The summed E-state index contributed by atoms with van der Waals surface area (Å²) >= 11 is 6.44. The van der Waals surface area contributed by atoms with E-state index >= 15 is 0 Å². The van der Waals surface area contributed by atoms with Crippen molar-refractivity contribution in [3.8, 4) is 17.3 Å². The number of nitrogens with zero attached hydrogens (tertiary/aromatic N) is 3. The molecule has 1 aromatic carbocycles. The van der Waals surface area contributed by atoms with Crippen LogP contribution in [0.15, 0.2) is 30.3 Å². The lowest BCUT2D eigenvalue weighted by molar-refractivity contribution is -0.124. The molecule has 8 nitrogen and oxygen atoms in total. The molecule has 0 bridgehead atoms. The van der Waals surface area contributed by atoms with Gasteiger partial charge in [0.25, 0.3) is 11.9 Å². The van der Waals surface area contributed by atoms with Gasteiger partial charge in [-0.15, -0.1) is 0 Å². The summed E-state index contributed by atoms with van der Waals surface area (Å²) in [7, 11) is 0. The summed E-state index contributed by atoms with van der Waals surface area (Å²) in [6.07, 6.45) is -0.803. The van der Waals surface area contributed by atoms with Gasteiger partial charge in [-0.25, -0.2) is 4.98 Å². The number of hydrogen-bond acceptors (Lipinski definition) is 6. The van der Waals surface area contributed by atoms with Crippen LogP contribution in [0, 0.1) is 0 Å². The molecular formula is C19H20ClN5O3. The van der Waals surface area contributed by atoms with Crippen LogP contribution in [0.2, 0.25) is 5.02 Å². The quantitative estimate of drug-likeness (QED) is 0.679. The first-order valence-corrected chi connectivity index (χ1v) is 9.34. The number of benzene rings is 1. The van der Waals surface area contributed by atoms with Gasteiger partial charge in [-0.2, -0.15) is 4.98 Å². The highest BCUT2D eigenvalue weighted by atomic mass is 35.5. The van der Waals surface area contributed by atoms with Crippen LogP contribution < -0.4 is 15.4 Å². The summed E-state index contributed by atoms with van der Waals surface area (Å²) < 4.78 is 10.8. The van der Waals surface area contributed by atoms with Crippen molar-refractivity contribution in [1.82, 2.24) is 15.0 Å². The van der Waals surface area contributed by atoms with Gasteiger partial charge in [0, 0.05) is 24.3 Å². The highest BCUT2D eigenvalue weighted by Crippen LogP contribution is 2.31. The van der Waals surface area contributed by atoms with Crippen molar-refractivity contribution >= 4 is 34.4 Å². The van der Waals surface area contributed by atoms with Crippen molar-refractivity contribution in [3.63, 3.8) is 0 Å². The van der Waals surface area contributed by atoms with E-state index in [9.17, 15) is 4.79 Å². The Morgan fingerprint density at radius 2 is 2.00 bits per heavy atom. The topological polar surface area (TPSA) is 106 Å². The van der Waals surface area contributed by atoms with Gasteiger partial charge >= 0.3 is 0 Å². The molecule has 1 amide bonds. The number of primary amides is 1. The minimum Gasteiger partial charge on any atom is -0.452 e. The molecule has 3 heterocycles. The summed E-state index contributed by atoms with van der Waals surface area (Å²) in [5.74, 6) is -0.576. The minimum absolute atomic E-state index is 0.171. The number of anilines is 1. The molecule has 28 heavy (non-hydrogen) atoms. The number of fused-ring (bicyclic) bond motifs is 1. The first-order valence-electron chi connectivity index (χ1n) is 8.96. The van der Waals surface area contributed by atoms with Gasteiger partial charge in [0.1, 0.15) is 0 Å². The summed E-state index contributed by atoms with van der Waals surface area (Å²) in [4.78, 5) is 25.2. The maximum absolute atomic E-state index is 11.2. The maximum Gasteiger partial charge on any atom is 0.296 e. The monoisotopic (exact) mass is 401 g/mol. The number of nitrogens with one attached hydrogen (secondary N) is 1. The number of carbonyl (C=O) groups is 1.